The summed E-state index contributed by atoms with van der Waals surface area (Å²) >= 11 is 5.92. The number of hydrogen-bond acceptors (Lipinski definition) is 4. The van der Waals surface area contributed by atoms with E-state index in [-0.39, 0.29) is 17.0 Å². The molecule has 0 saturated carbocycles. The van der Waals surface area contributed by atoms with Gasteiger partial charge in [-0.2, -0.15) is 0 Å². The van der Waals surface area contributed by atoms with Gasteiger partial charge in [0, 0.05) is 16.3 Å². The molecule has 1 saturated heterocycles. The second-order valence-electron chi connectivity index (χ2n) is 6.93. The van der Waals surface area contributed by atoms with Crippen molar-refractivity contribution in [2.75, 3.05) is 12.0 Å². The number of halogens is 2. The van der Waals surface area contributed by atoms with Crippen LogP contribution in [0.15, 0.2) is 78.4 Å². The summed E-state index contributed by atoms with van der Waals surface area (Å²) in [5.41, 5.74) is 1.000. The van der Waals surface area contributed by atoms with E-state index in [1.807, 2.05) is 0 Å². The summed E-state index contributed by atoms with van der Waals surface area (Å²) in [6.45, 7) is 0. The molecule has 3 aromatic carbocycles. The van der Waals surface area contributed by atoms with Crippen LogP contribution in [0.25, 0.3) is 5.76 Å². The normalized spacial score (nSPS) is 17.8. The molecule has 31 heavy (non-hydrogen) atoms. The lowest BCUT2D eigenvalue weighted by molar-refractivity contribution is -0.132. The van der Waals surface area contributed by atoms with Crippen molar-refractivity contribution in [3.63, 3.8) is 0 Å². The molecule has 1 N–H and O–H groups in total. The standard InChI is InChI=1S/C24H17ClFNO4/c1-31-19-11-7-14(8-12-19)21-20(22(28)15-5-9-16(25)10-6-15)23(29)24(30)27(21)18-4-2-3-17(26)13-18/h2-13,21,28H,1H3/b22-20+. The molecule has 0 spiro atoms. The SMILES string of the molecule is COc1ccc(C2/C(=C(\O)c3ccc(Cl)cc3)C(=O)C(=O)N2c2cccc(F)c2)cc1. The number of methoxy groups -OCH3 is 1. The van der Waals surface area contributed by atoms with Crippen LogP contribution in [0, 0.1) is 5.82 Å². The van der Waals surface area contributed by atoms with Crippen molar-refractivity contribution < 1.29 is 23.8 Å². The van der Waals surface area contributed by atoms with E-state index in [2.05, 4.69) is 0 Å². The quantitative estimate of drug-likeness (QED) is 0.350. The number of aliphatic hydroxyl groups excluding tert-OH is 1. The average molecular weight is 438 g/mol. The summed E-state index contributed by atoms with van der Waals surface area (Å²) in [7, 11) is 1.52. The number of carbonyl (C=O) groups excluding carboxylic acids is 2. The van der Waals surface area contributed by atoms with Crippen molar-refractivity contribution in [1.82, 2.24) is 0 Å². The molecule has 156 valence electrons. The molecule has 1 unspecified atom stereocenters. The van der Waals surface area contributed by atoms with Crippen LogP contribution in [-0.4, -0.2) is 23.9 Å². The molecule has 5 nitrogen and oxygen atoms in total. The maximum absolute atomic E-state index is 13.9. The number of ether oxygens (including phenoxy) is 1. The summed E-state index contributed by atoms with van der Waals surface area (Å²) < 4.78 is 19.1. The van der Waals surface area contributed by atoms with E-state index in [4.69, 9.17) is 16.3 Å². The number of nitrogens with zero attached hydrogens (tertiary/aromatic N) is 1. The molecule has 1 aliphatic rings. The van der Waals surface area contributed by atoms with Gasteiger partial charge in [-0.25, -0.2) is 4.39 Å². The second-order valence-corrected chi connectivity index (χ2v) is 7.37. The number of Topliss-reactive ketones (excluding diaryl/α,β-unsaturated/α-hetero) is 1. The molecule has 7 heteroatoms. The zero-order valence-electron chi connectivity index (χ0n) is 16.4. The lowest BCUT2D eigenvalue weighted by Gasteiger charge is -2.25. The Hall–Kier alpha value is -3.64. The van der Waals surface area contributed by atoms with Crippen LogP contribution in [0.3, 0.4) is 0 Å². The van der Waals surface area contributed by atoms with Crippen LogP contribution in [0.1, 0.15) is 17.2 Å². The molecule has 0 aromatic heterocycles. The first-order valence-electron chi connectivity index (χ1n) is 9.37. The van der Waals surface area contributed by atoms with Gasteiger partial charge in [0.05, 0.1) is 18.7 Å². The predicted molar refractivity (Wildman–Crippen MR) is 116 cm³/mol. The molecular weight excluding hydrogens is 421 g/mol. The Kier molecular flexibility index (Phi) is 5.48. The van der Waals surface area contributed by atoms with Crippen LogP contribution in [0.4, 0.5) is 10.1 Å². The van der Waals surface area contributed by atoms with E-state index in [1.165, 1.54) is 36.3 Å². The number of rotatable bonds is 4. The molecule has 3 aromatic rings. The summed E-state index contributed by atoms with van der Waals surface area (Å²) in [5, 5.41) is 11.5. The number of ketones is 1. The highest BCUT2D eigenvalue weighted by atomic mass is 35.5. The Bertz CT molecular complexity index is 1190. The monoisotopic (exact) mass is 437 g/mol. The van der Waals surface area contributed by atoms with E-state index in [1.54, 1.807) is 48.5 Å². The zero-order valence-corrected chi connectivity index (χ0v) is 17.1. The summed E-state index contributed by atoms with van der Waals surface area (Å²) in [5.74, 6) is -2.02. The van der Waals surface area contributed by atoms with Gasteiger partial charge in [-0.3, -0.25) is 14.5 Å². The van der Waals surface area contributed by atoms with Gasteiger partial charge in [0.2, 0.25) is 0 Å². The Morgan fingerprint density at radius 3 is 2.32 bits per heavy atom. The van der Waals surface area contributed by atoms with Gasteiger partial charge < -0.3 is 9.84 Å². The number of benzene rings is 3. The van der Waals surface area contributed by atoms with E-state index in [0.717, 1.165) is 0 Å². The summed E-state index contributed by atoms with van der Waals surface area (Å²) in [6.07, 6.45) is 0. The van der Waals surface area contributed by atoms with Gasteiger partial charge in [0.1, 0.15) is 17.3 Å². The molecule has 1 heterocycles. The van der Waals surface area contributed by atoms with Gasteiger partial charge in [-0.1, -0.05) is 29.8 Å². The highest BCUT2D eigenvalue weighted by Gasteiger charge is 2.47. The number of anilines is 1. The number of hydrogen-bond donors (Lipinski definition) is 1. The molecule has 0 aliphatic carbocycles. The van der Waals surface area contributed by atoms with Crippen LogP contribution < -0.4 is 9.64 Å². The average Bonchev–Trinajstić information content (AvgIpc) is 3.04. The predicted octanol–water partition coefficient (Wildman–Crippen LogP) is 5.11. The third kappa shape index (κ3) is 3.78. The Balaban J connectivity index is 1.93. The van der Waals surface area contributed by atoms with Crippen molar-refractivity contribution in [2.24, 2.45) is 0 Å². The number of carbonyl (C=O) groups is 2. The highest BCUT2D eigenvalue weighted by molar-refractivity contribution is 6.51. The van der Waals surface area contributed by atoms with Gasteiger partial charge >= 0.3 is 0 Å². The van der Waals surface area contributed by atoms with Crippen LogP contribution >= 0.6 is 11.6 Å². The third-order valence-corrected chi connectivity index (χ3v) is 5.33. The fraction of sp³-hybridized carbons (Fsp3) is 0.0833. The fourth-order valence-corrected chi connectivity index (χ4v) is 3.72. The maximum Gasteiger partial charge on any atom is 0.300 e. The first-order valence-corrected chi connectivity index (χ1v) is 9.75. The first kappa shape index (κ1) is 20.6. The second kappa shape index (κ2) is 8.24. The van der Waals surface area contributed by atoms with Crippen molar-refractivity contribution in [3.05, 3.63) is 100 Å². The van der Waals surface area contributed by atoms with Gasteiger partial charge in [0.25, 0.3) is 11.7 Å². The number of aliphatic hydroxyl groups is 1. The topological polar surface area (TPSA) is 66.8 Å². The van der Waals surface area contributed by atoms with Crippen LogP contribution in [0.5, 0.6) is 5.75 Å². The summed E-state index contributed by atoms with van der Waals surface area (Å²) in [6, 6.07) is 17.4. The Morgan fingerprint density at radius 1 is 1.03 bits per heavy atom. The van der Waals surface area contributed by atoms with E-state index in [0.29, 0.717) is 21.9 Å². The lowest BCUT2D eigenvalue weighted by atomic mass is 9.95. The minimum absolute atomic E-state index is 0.0956. The van der Waals surface area contributed by atoms with E-state index < -0.39 is 23.5 Å². The number of amides is 1. The first-order chi connectivity index (χ1) is 14.9. The molecule has 1 atom stereocenters. The van der Waals surface area contributed by atoms with Crippen molar-refractivity contribution in [1.29, 1.82) is 0 Å². The third-order valence-electron chi connectivity index (χ3n) is 5.08. The molecule has 1 fully saturated rings. The fourth-order valence-electron chi connectivity index (χ4n) is 3.59. The Morgan fingerprint density at radius 2 is 1.71 bits per heavy atom. The molecular formula is C24H17ClFNO4. The minimum Gasteiger partial charge on any atom is -0.507 e. The lowest BCUT2D eigenvalue weighted by Crippen LogP contribution is -2.29. The Labute approximate surface area is 182 Å². The zero-order chi connectivity index (χ0) is 22.1. The van der Waals surface area contributed by atoms with E-state index >= 15 is 0 Å². The van der Waals surface area contributed by atoms with Crippen molar-refractivity contribution in [2.45, 2.75) is 6.04 Å². The van der Waals surface area contributed by atoms with Gasteiger partial charge in [-0.15, -0.1) is 0 Å². The molecule has 1 amide bonds. The highest BCUT2D eigenvalue weighted by Crippen LogP contribution is 2.42. The molecule has 4 rings (SSSR count). The van der Waals surface area contributed by atoms with Gasteiger partial charge in [-0.05, 0) is 60.2 Å². The molecule has 0 bridgehead atoms. The van der Waals surface area contributed by atoms with Gasteiger partial charge in [0.15, 0.2) is 0 Å². The van der Waals surface area contributed by atoms with Crippen molar-refractivity contribution in [3.8, 4) is 5.75 Å². The maximum atomic E-state index is 13.9. The van der Waals surface area contributed by atoms with Crippen LogP contribution in [0.2, 0.25) is 5.02 Å². The minimum atomic E-state index is -0.955. The smallest absolute Gasteiger partial charge is 0.300 e. The van der Waals surface area contributed by atoms with Crippen LogP contribution in [-0.2, 0) is 9.59 Å². The molecule has 0 radical (unpaired) electrons. The largest absolute Gasteiger partial charge is 0.507 e. The molecule has 1 aliphatic heterocycles. The van der Waals surface area contributed by atoms with Crippen molar-refractivity contribution >= 4 is 34.7 Å². The van der Waals surface area contributed by atoms with E-state index in [9.17, 15) is 19.1 Å². The summed E-state index contributed by atoms with van der Waals surface area (Å²) in [4.78, 5) is 27.2.